The predicted octanol–water partition coefficient (Wildman–Crippen LogP) is 0.784. The highest BCUT2D eigenvalue weighted by molar-refractivity contribution is 5.13. The SMILES string of the molecule is O=c1ccccn1Cc1ccc(CO)cn1. The van der Waals surface area contributed by atoms with Crippen molar-refractivity contribution in [2.24, 2.45) is 0 Å². The minimum absolute atomic E-state index is 0.0153. The molecule has 82 valence electrons. The Morgan fingerprint density at radius 3 is 2.75 bits per heavy atom. The van der Waals surface area contributed by atoms with Crippen LogP contribution in [0.4, 0.5) is 0 Å². The van der Waals surface area contributed by atoms with Crippen molar-refractivity contribution in [3.63, 3.8) is 0 Å². The van der Waals surface area contributed by atoms with Gasteiger partial charge in [0.2, 0.25) is 0 Å². The third-order valence-corrected chi connectivity index (χ3v) is 2.30. The van der Waals surface area contributed by atoms with E-state index in [1.807, 2.05) is 12.1 Å². The van der Waals surface area contributed by atoms with E-state index in [0.717, 1.165) is 11.3 Å². The van der Waals surface area contributed by atoms with Crippen molar-refractivity contribution in [2.75, 3.05) is 0 Å². The zero-order valence-electron chi connectivity index (χ0n) is 8.71. The number of nitrogens with zero attached hydrogens (tertiary/aromatic N) is 2. The van der Waals surface area contributed by atoms with E-state index in [2.05, 4.69) is 4.98 Å². The molecule has 0 spiro atoms. The predicted molar refractivity (Wildman–Crippen MR) is 60.0 cm³/mol. The zero-order chi connectivity index (χ0) is 11.4. The highest BCUT2D eigenvalue weighted by Gasteiger charge is 1.98. The van der Waals surface area contributed by atoms with Crippen molar-refractivity contribution in [3.05, 3.63) is 64.3 Å². The van der Waals surface area contributed by atoms with E-state index < -0.39 is 0 Å². The van der Waals surface area contributed by atoms with Crippen molar-refractivity contribution in [1.82, 2.24) is 9.55 Å². The van der Waals surface area contributed by atoms with Crippen molar-refractivity contribution < 1.29 is 5.11 Å². The molecule has 0 bridgehead atoms. The maximum Gasteiger partial charge on any atom is 0.250 e. The summed E-state index contributed by atoms with van der Waals surface area (Å²) in [4.78, 5) is 15.6. The van der Waals surface area contributed by atoms with Crippen LogP contribution in [0.3, 0.4) is 0 Å². The van der Waals surface area contributed by atoms with E-state index in [9.17, 15) is 4.79 Å². The molecule has 0 radical (unpaired) electrons. The number of hydrogen-bond acceptors (Lipinski definition) is 3. The normalized spacial score (nSPS) is 10.3. The third kappa shape index (κ3) is 2.35. The summed E-state index contributed by atoms with van der Waals surface area (Å²) in [5, 5.41) is 8.87. The van der Waals surface area contributed by atoms with Gasteiger partial charge in [0.15, 0.2) is 0 Å². The molecule has 0 aromatic carbocycles. The van der Waals surface area contributed by atoms with Crippen LogP contribution in [-0.2, 0) is 13.2 Å². The fraction of sp³-hybridized carbons (Fsp3) is 0.167. The van der Waals surface area contributed by atoms with E-state index >= 15 is 0 Å². The maximum atomic E-state index is 11.4. The molecule has 0 atom stereocenters. The number of aliphatic hydroxyl groups is 1. The van der Waals surface area contributed by atoms with E-state index in [1.54, 1.807) is 29.1 Å². The molecule has 2 aromatic rings. The van der Waals surface area contributed by atoms with E-state index in [1.165, 1.54) is 6.07 Å². The monoisotopic (exact) mass is 216 g/mol. The molecule has 0 aliphatic carbocycles. The molecule has 4 heteroatoms. The summed E-state index contributed by atoms with van der Waals surface area (Å²) < 4.78 is 1.58. The maximum absolute atomic E-state index is 11.4. The largest absolute Gasteiger partial charge is 0.392 e. The first kappa shape index (κ1) is 10.6. The first-order valence-electron chi connectivity index (χ1n) is 5.00. The molecule has 2 aromatic heterocycles. The van der Waals surface area contributed by atoms with Gasteiger partial charge >= 0.3 is 0 Å². The van der Waals surface area contributed by atoms with Crippen molar-refractivity contribution in [2.45, 2.75) is 13.2 Å². The lowest BCUT2D eigenvalue weighted by molar-refractivity contribution is 0.281. The van der Waals surface area contributed by atoms with Gasteiger partial charge in [-0.25, -0.2) is 0 Å². The Bertz CT molecular complexity index is 517. The van der Waals surface area contributed by atoms with Gasteiger partial charge in [0.05, 0.1) is 18.8 Å². The van der Waals surface area contributed by atoms with E-state index in [-0.39, 0.29) is 12.2 Å². The molecule has 0 aliphatic heterocycles. The van der Waals surface area contributed by atoms with Gasteiger partial charge in [0, 0.05) is 18.5 Å². The molecule has 0 unspecified atom stereocenters. The summed E-state index contributed by atoms with van der Waals surface area (Å²) in [5.41, 5.74) is 1.52. The Kier molecular flexibility index (Phi) is 3.12. The molecule has 0 saturated heterocycles. The van der Waals surface area contributed by atoms with Gasteiger partial charge in [-0.3, -0.25) is 9.78 Å². The Hall–Kier alpha value is -1.94. The van der Waals surface area contributed by atoms with Crippen LogP contribution in [0.2, 0.25) is 0 Å². The standard InChI is InChI=1S/C12H12N2O2/c15-9-10-4-5-11(13-7-10)8-14-6-2-1-3-12(14)16/h1-7,15H,8-9H2. The van der Waals surface area contributed by atoms with Gasteiger partial charge in [-0.1, -0.05) is 12.1 Å². The van der Waals surface area contributed by atoms with Crippen LogP contribution in [-0.4, -0.2) is 14.7 Å². The highest BCUT2D eigenvalue weighted by Crippen LogP contribution is 2.01. The Balaban J connectivity index is 2.21. The molecular formula is C12H12N2O2. The van der Waals surface area contributed by atoms with Crippen LogP contribution < -0.4 is 5.56 Å². The Morgan fingerprint density at radius 2 is 2.12 bits per heavy atom. The third-order valence-electron chi connectivity index (χ3n) is 2.30. The second-order valence-corrected chi connectivity index (χ2v) is 3.48. The van der Waals surface area contributed by atoms with Crippen molar-refractivity contribution >= 4 is 0 Å². The van der Waals surface area contributed by atoms with Gasteiger partial charge in [0.1, 0.15) is 0 Å². The molecule has 2 heterocycles. The molecule has 16 heavy (non-hydrogen) atoms. The fourth-order valence-corrected chi connectivity index (χ4v) is 1.41. The first-order valence-corrected chi connectivity index (χ1v) is 5.00. The molecule has 4 nitrogen and oxygen atoms in total. The summed E-state index contributed by atoms with van der Waals surface area (Å²) in [6.45, 7) is 0.434. The number of aromatic nitrogens is 2. The topological polar surface area (TPSA) is 55.1 Å². The van der Waals surface area contributed by atoms with Gasteiger partial charge in [-0.05, 0) is 17.7 Å². The average molecular weight is 216 g/mol. The summed E-state index contributed by atoms with van der Waals surface area (Å²) in [6, 6.07) is 8.65. The molecule has 0 amide bonds. The van der Waals surface area contributed by atoms with Crippen molar-refractivity contribution in [1.29, 1.82) is 0 Å². The molecule has 0 saturated carbocycles. The number of aliphatic hydroxyl groups excluding tert-OH is 1. The molecular weight excluding hydrogens is 204 g/mol. The molecule has 2 rings (SSSR count). The van der Waals surface area contributed by atoms with Crippen molar-refractivity contribution in [3.8, 4) is 0 Å². The van der Waals surface area contributed by atoms with Crippen LogP contribution in [0, 0.1) is 0 Å². The minimum atomic E-state index is -0.0458. The van der Waals surface area contributed by atoms with Crippen LogP contribution in [0.25, 0.3) is 0 Å². The second kappa shape index (κ2) is 4.72. The lowest BCUT2D eigenvalue weighted by Crippen LogP contribution is -2.18. The summed E-state index contributed by atoms with van der Waals surface area (Å²) >= 11 is 0. The Labute approximate surface area is 92.8 Å². The molecule has 0 aliphatic rings. The highest BCUT2D eigenvalue weighted by atomic mass is 16.3. The van der Waals surface area contributed by atoms with Crippen LogP contribution in [0.5, 0.6) is 0 Å². The number of rotatable bonds is 3. The molecule has 0 fully saturated rings. The summed E-state index contributed by atoms with van der Waals surface area (Å²) in [5.74, 6) is 0. The smallest absolute Gasteiger partial charge is 0.250 e. The quantitative estimate of drug-likeness (QED) is 0.825. The molecule has 1 N–H and O–H groups in total. The van der Waals surface area contributed by atoms with Gasteiger partial charge < -0.3 is 9.67 Å². The van der Waals surface area contributed by atoms with E-state index in [4.69, 9.17) is 5.11 Å². The summed E-state index contributed by atoms with van der Waals surface area (Å²) in [6.07, 6.45) is 3.34. The zero-order valence-corrected chi connectivity index (χ0v) is 8.71. The summed E-state index contributed by atoms with van der Waals surface area (Å²) in [7, 11) is 0. The number of hydrogen-bond donors (Lipinski definition) is 1. The fourth-order valence-electron chi connectivity index (χ4n) is 1.41. The lowest BCUT2D eigenvalue weighted by atomic mass is 10.2. The minimum Gasteiger partial charge on any atom is -0.392 e. The van der Waals surface area contributed by atoms with Gasteiger partial charge in [0.25, 0.3) is 5.56 Å². The lowest BCUT2D eigenvalue weighted by Gasteiger charge is -2.04. The van der Waals surface area contributed by atoms with Crippen LogP contribution in [0.15, 0.2) is 47.5 Å². The second-order valence-electron chi connectivity index (χ2n) is 3.48. The number of pyridine rings is 2. The van der Waals surface area contributed by atoms with Crippen LogP contribution >= 0.6 is 0 Å². The first-order chi connectivity index (χ1) is 7.79. The van der Waals surface area contributed by atoms with Crippen LogP contribution in [0.1, 0.15) is 11.3 Å². The van der Waals surface area contributed by atoms with Gasteiger partial charge in [-0.15, -0.1) is 0 Å². The average Bonchev–Trinajstić information content (AvgIpc) is 2.33. The van der Waals surface area contributed by atoms with E-state index in [0.29, 0.717) is 6.54 Å². The van der Waals surface area contributed by atoms with Gasteiger partial charge in [-0.2, -0.15) is 0 Å². The Morgan fingerprint density at radius 1 is 1.25 bits per heavy atom.